The van der Waals surface area contributed by atoms with Gasteiger partial charge in [-0.05, 0) is 36.2 Å². The summed E-state index contributed by atoms with van der Waals surface area (Å²) in [5, 5.41) is 0. The van der Waals surface area contributed by atoms with Gasteiger partial charge in [0, 0.05) is 12.6 Å². The maximum Gasteiger partial charge on any atom is 0.387 e. The standard InChI is InChI=1S/C18H21F2NO6S/c1-24-14-7-5-13(11-17(14)26-3)28(22,23)21-9-8-12-4-6-15(27-18(19)20)16(10-12)25-2/h4-7,10-11,18,21H,8-9H2,1-3H3. The van der Waals surface area contributed by atoms with E-state index in [1.165, 1.54) is 51.7 Å². The molecule has 2 rings (SSSR count). The van der Waals surface area contributed by atoms with Crippen molar-refractivity contribution < 1.29 is 36.1 Å². The number of rotatable bonds is 10. The molecule has 1 N–H and O–H groups in total. The lowest BCUT2D eigenvalue weighted by atomic mass is 10.1. The molecular weight excluding hydrogens is 396 g/mol. The maximum atomic E-state index is 12.5. The second-order valence-electron chi connectivity index (χ2n) is 5.53. The third-order valence-electron chi connectivity index (χ3n) is 3.82. The van der Waals surface area contributed by atoms with Gasteiger partial charge in [0.1, 0.15) is 0 Å². The van der Waals surface area contributed by atoms with Gasteiger partial charge in [-0.1, -0.05) is 6.07 Å². The van der Waals surface area contributed by atoms with E-state index in [9.17, 15) is 17.2 Å². The quantitative estimate of drug-likeness (QED) is 0.640. The molecule has 0 heterocycles. The zero-order valence-corrected chi connectivity index (χ0v) is 16.4. The minimum atomic E-state index is -3.77. The van der Waals surface area contributed by atoms with Crippen LogP contribution in [0.25, 0.3) is 0 Å². The Hall–Kier alpha value is -2.59. The predicted molar refractivity (Wildman–Crippen MR) is 98.1 cm³/mol. The molecule has 0 aromatic heterocycles. The molecule has 7 nitrogen and oxygen atoms in total. The van der Waals surface area contributed by atoms with Gasteiger partial charge >= 0.3 is 6.61 Å². The summed E-state index contributed by atoms with van der Waals surface area (Å²) in [4.78, 5) is 0.0309. The molecule has 0 radical (unpaired) electrons. The lowest BCUT2D eigenvalue weighted by Gasteiger charge is -2.12. The first-order valence-corrected chi connectivity index (χ1v) is 9.62. The Labute approximate surface area is 162 Å². The number of alkyl halides is 2. The first-order chi connectivity index (χ1) is 13.3. The van der Waals surface area contributed by atoms with Crippen LogP contribution < -0.4 is 23.7 Å². The molecule has 154 valence electrons. The zero-order valence-electron chi connectivity index (χ0n) is 15.6. The van der Waals surface area contributed by atoms with Crippen molar-refractivity contribution in [2.45, 2.75) is 17.9 Å². The average molecular weight is 417 g/mol. The van der Waals surface area contributed by atoms with Crippen molar-refractivity contribution in [1.82, 2.24) is 4.72 Å². The van der Waals surface area contributed by atoms with Crippen LogP contribution in [0, 0.1) is 0 Å². The minimum absolute atomic E-state index is 0.0309. The van der Waals surface area contributed by atoms with Crippen LogP contribution in [-0.2, 0) is 16.4 Å². The second kappa shape index (κ2) is 9.56. The Morgan fingerprint density at radius 2 is 1.50 bits per heavy atom. The SMILES string of the molecule is COc1ccc(S(=O)(=O)NCCc2ccc(OC(F)F)c(OC)c2)cc1OC. The van der Waals surface area contributed by atoms with E-state index in [2.05, 4.69) is 9.46 Å². The van der Waals surface area contributed by atoms with Crippen molar-refractivity contribution in [3.8, 4) is 23.0 Å². The number of hydrogen-bond acceptors (Lipinski definition) is 6. The first-order valence-electron chi connectivity index (χ1n) is 8.14. The highest BCUT2D eigenvalue weighted by Gasteiger charge is 2.17. The van der Waals surface area contributed by atoms with Crippen LogP contribution in [0.4, 0.5) is 8.78 Å². The lowest BCUT2D eigenvalue weighted by molar-refractivity contribution is -0.0512. The van der Waals surface area contributed by atoms with E-state index in [-0.39, 0.29) is 22.9 Å². The van der Waals surface area contributed by atoms with Gasteiger partial charge in [0.15, 0.2) is 23.0 Å². The van der Waals surface area contributed by atoms with Crippen LogP contribution in [0.2, 0.25) is 0 Å². The Morgan fingerprint density at radius 1 is 0.893 bits per heavy atom. The fraction of sp³-hybridized carbons (Fsp3) is 0.333. The molecular formula is C18H21F2NO6S. The van der Waals surface area contributed by atoms with Crippen molar-refractivity contribution >= 4 is 10.0 Å². The van der Waals surface area contributed by atoms with E-state index in [0.29, 0.717) is 23.5 Å². The van der Waals surface area contributed by atoms with E-state index in [4.69, 9.17) is 14.2 Å². The van der Waals surface area contributed by atoms with Crippen LogP contribution in [0.1, 0.15) is 5.56 Å². The number of ether oxygens (including phenoxy) is 4. The predicted octanol–water partition coefficient (Wildman–Crippen LogP) is 2.83. The number of benzene rings is 2. The summed E-state index contributed by atoms with van der Waals surface area (Å²) in [5.74, 6) is 0.761. The highest BCUT2D eigenvalue weighted by molar-refractivity contribution is 7.89. The highest BCUT2D eigenvalue weighted by Crippen LogP contribution is 2.30. The van der Waals surface area contributed by atoms with Gasteiger partial charge in [-0.15, -0.1) is 0 Å². The third-order valence-corrected chi connectivity index (χ3v) is 5.27. The molecule has 2 aromatic rings. The number of sulfonamides is 1. The second-order valence-corrected chi connectivity index (χ2v) is 7.30. The van der Waals surface area contributed by atoms with Crippen molar-refractivity contribution in [3.05, 3.63) is 42.0 Å². The molecule has 0 amide bonds. The Balaban J connectivity index is 2.06. The van der Waals surface area contributed by atoms with Crippen molar-refractivity contribution in [3.63, 3.8) is 0 Å². The number of halogens is 2. The molecule has 0 saturated heterocycles. The fourth-order valence-corrected chi connectivity index (χ4v) is 3.50. The monoisotopic (exact) mass is 417 g/mol. The average Bonchev–Trinajstić information content (AvgIpc) is 2.67. The zero-order chi connectivity index (χ0) is 20.7. The van der Waals surface area contributed by atoms with Gasteiger partial charge in [-0.25, -0.2) is 13.1 Å². The molecule has 0 fully saturated rings. The summed E-state index contributed by atoms with van der Waals surface area (Å²) in [6.07, 6.45) is 0.317. The van der Waals surface area contributed by atoms with Gasteiger partial charge in [0.05, 0.1) is 26.2 Å². The number of nitrogens with one attached hydrogen (secondary N) is 1. The molecule has 0 bridgehead atoms. The lowest BCUT2D eigenvalue weighted by Crippen LogP contribution is -2.26. The van der Waals surface area contributed by atoms with Gasteiger partial charge < -0.3 is 18.9 Å². The van der Waals surface area contributed by atoms with E-state index in [1.54, 1.807) is 6.07 Å². The van der Waals surface area contributed by atoms with E-state index in [1.807, 2.05) is 0 Å². The molecule has 0 atom stereocenters. The molecule has 0 saturated carbocycles. The van der Waals surface area contributed by atoms with Crippen molar-refractivity contribution in [1.29, 1.82) is 0 Å². The minimum Gasteiger partial charge on any atom is -0.493 e. The van der Waals surface area contributed by atoms with Gasteiger partial charge in [0.25, 0.3) is 0 Å². The van der Waals surface area contributed by atoms with Crippen LogP contribution in [-0.4, -0.2) is 42.9 Å². The normalized spacial score (nSPS) is 11.4. The van der Waals surface area contributed by atoms with Gasteiger partial charge in [-0.3, -0.25) is 0 Å². The summed E-state index contributed by atoms with van der Waals surface area (Å²) in [7, 11) is 0.430. The molecule has 0 spiro atoms. The van der Waals surface area contributed by atoms with Crippen molar-refractivity contribution in [2.75, 3.05) is 27.9 Å². The Morgan fingerprint density at radius 3 is 2.11 bits per heavy atom. The number of hydrogen-bond donors (Lipinski definition) is 1. The molecule has 0 aliphatic carbocycles. The Bertz CT molecular complexity index is 905. The summed E-state index contributed by atoms with van der Waals surface area (Å²) in [6.45, 7) is -2.87. The first kappa shape index (κ1) is 21.7. The van der Waals surface area contributed by atoms with Gasteiger partial charge in [0.2, 0.25) is 10.0 Å². The smallest absolute Gasteiger partial charge is 0.387 e. The summed E-state index contributed by atoms with van der Waals surface area (Å²) >= 11 is 0. The largest absolute Gasteiger partial charge is 0.493 e. The third kappa shape index (κ3) is 5.46. The summed E-state index contributed by atoms with van der Waals surface area (Å²) in [5.41, 5.74) is 0.688. The molecule has 0 aliphatic heterocycles. The highest BCUT2D eigenvalue weighted by atomic mass is 32.2. The van der Waals surface area contributed by atoms with Gasteiger partial charge in [-0.2, -0.15) is 8.78 Å². The van der Waals surface area contributed by atoms with Crippen LogP contribution in [0.3, 0.4) is 0 Å². The topological polar surface area (TPSA) is 83.1 Å². The van der Waals surface area contributed by atoms with Crippen LogP contribution >= 0.6 is 0 Å². The Kier molecular flexibility index (Phi) is 7.41. The molecule has 0 aliphatic rings. The number of methoxy groups -OCH3 is 3. The van der Waals surface area contributed by atoms with Crippen molar-refractivity contribution in [2.24, 2.45) is 0 Å². The van der Waals surface area contributed by atoms with E-state index in [0.717, 1.165) is 0 Å². The molecule has 28 heavy (non-hydrogen) atoms. The molecule has 10 heteroatoms. The maximum absolute atomic E-state index is 12.5. The summed E-state index contributed by atoms with van der Waals surface area (Å²) in [6, 6.07) is 8.69. The van der Waals surface area contributed by atoms with E-state index >= 15 is 0 Å². The fourth-order valence-electron chi connectivity index (χ4n) is 2.46. The summed E-state index contributed by atoms with van der Waals surface area (Å²) < 4.78 is 71.7. The van der Waals surface area contributed by atoms with Crippen LogP contribution in [0.5, 0.6) is 23.0 Å². The molecule has 2 aromatic carbocycles. The van der Waals surface area contributed by atoms with E-state index < -0.39 is 16.6 Å². The van der Waals surface area contributed by atoms with Crippen LogP contribution in [0.15, 0.2) is 41.3 Å². The molecule has 0 unspecified atom stereocenters.